The van der Waals surface area contributed by atoms with Gasteiger partial charge in [0.25, 0.3) is 11.8 Å². The number of rotatable bonds is 5. The Morgan fingerprint density at radius 3 is 2.29 bits per heavy atom. The predicted molar refractivity (Wildman–Crippen MR) is 90.1 cm³/mol. The van der Waals surface area contributed by atoms with Gasteiger partial charge < -0.3 is 9.47 Å². The zero-order chi connectivity index (χ0) is 17.5. The first-order valence-electron chi connectivity index (χ1n) is 7.17. The molecule has 126 valence electrons. The van der Waals surface area contributed by atoms with Crippen molar-refractivity contribution >= 4 is 23.4 Å². The Bertz CT molecular complexity index is 736. The molecular formula is C17H17ClN2O4. The number of hydrogen-bond donors (Lipinski definition) is 2. The highest BCUT2D eigenvalue weighted by Gasteiger charge is 2.18. The van der Waals surface area contributed by atoms with Crippen LogP contribution >= 0.6 is 11.6 Å². The van der Waals surface area contributed by atoms with Crippen LogP contribution < -0.4 is 20.3 Å². The van der Waals surface area contributed by atoms with E-state index in [1.54, 1.807) is 55.5 Å². The smallest absolute Gasteiger partial charge is 0.279 e. The number of methoxy groups -OCH3 is 1. The zero-order valence-electron chi connectivity index (χ0n) is 13.2. The van der Waals surface area contributed by atoms with Gasteiger partial charge in [0.05, 0.1) is 17.7 Å². The molecule has 24 heavy (non-hydrogen) atoms. The van der Waals surface area contributed by atoms with E-state index in [-0.39, 0.29) is 0 Å². The molecule has 0 saturated carbocycles. The van der Waals surface area contributed by atoms with Crippen LogP contribution in [0.3, 0.4) is 0 Å². The van der Waals surface area contributed by atoms with Crippen LogP contribution in [-0.2, 0) is 4.79 Å². The first-order valence-corrected chi connectivity index (χ1v) is 7.55. The largest absolute Gasteiger partial charge is 0.496 e. The fourth-order valence-corrected chi connectivity index (χ4v) is 2.08. The SMILES string of the molecule is COc1ccccc1C(=O)NNC(=O)C(C)Oc1ccccc1Cl. The molecular weight excluding hydrogens is 332 g/mol. The number of para-hydroxylation sites is 2. The average molecular weight is 349 g/mol. The number of hydrogen-bond acceptors (Lipinski definition) is 4. The first kappa shape index (κ1) is 17.6. The minimum absolute atomic E-state index is 0.306. The topological polar surface area (TPSA) is 76.7 Å². The fraction of sp³-hybridized carbons (Fsp3) is 0.176. The van der Waals surface area contributed by atoms with E-state index in [0.717, 1.165) is 0 Å². The molecule has 0 aliphatic rings. The fourth-order valence-electron chi connectivity index (χ4n) is 1.90. The van der Waals surface area contributed by atoms with E-state index >= 15 is 0 Å². The summed E-state index contributed by atoms with van der Waals surface area (Å²) in [7, 11) is 1.46. The average Bonchev–Trinajstić information content (AvgIpc) is 2.61. The number of amides is 2. The molecule has 0 fully saturated rings. The molecule has 0 aliphatic carbocycles. The number of ether oxygens (including phenoxy) is 2. The van der Waals surface area contributed by atoms with Gasteiger partial charge in [-0.15, -0.1) is 0 Å². The summed E-state index contributed by atoms with van der Waals surface area (Å²) >= 11 is 5.97. The van der Waals surface area contributed by atoms with E-state index in [1.807, 2.05) is 0 Å². The molecule has 0 spiro atoms. The van der Waals surface area contributed by atoms with Crippen molar-refractivity contribution in [2.45, 2.75) is 13.0 Å². The van der Waals surface area contributed by atoms with Crippen LogP contribution in [0.25, 0.3) is 0 Å². The monoisotopic (exact) mass is 348 g/mol. The van der Waals surface area contributed by atoms with Gasteiger partial charge in [-0.25, -0.2) is 0 Å². The maximum absolute atomic E-state index is 12.1. The van der Waals surface area contributed by atoms with Gasteiger partial charge in [0.15, 0.2) is 6.10 Å². The summed E-state index contributed by atoms with van der Waals surface area (Å²) in [4.78, 5) is 24.1. The van der Waals surface area contributed by atoms with Crippen molar-refractivity contribution in [2.75, 3.05) is 7.11 Å². The number of benzene rings is 2. The molecule has 2 aromatic carbocycles. The second-order valence-corrected chi connectivity index (χ2v) is 5.24. The standard InChI is InChI=1S/C17H17ClN2O4/c1-11(24-15-10-6-4-8-13(15)18)16(21)19-20-17(22)12-7-3-5-9-14(12)23-2/h3-11H,1-2H3,(H,19,21)(H,20,22). The Labute approximate surface area is 144 Å². The molecule has 0 radical (unpaired) electrons. The Kier molecular flexibility index (Phi) is 6.03. The van der Waals surface area contributed by atoms with E-state index in [9.17, 15) is 9.59 Å². The number of carbonyl (C=O) groups excluding carboxylic acids is 2. The van der Waals surface area contributed by atoms with Gasteiger partial charge in [-0.3, -0.25) is 20.4 Å². The highest BCUT2D eigenvalue weighted by Crippen LogP contribution is 2.24. The molecule has 6 nitrogen and oxygen atoms in total. The summed E-state index contributed by atoms with van der Waals surface area (Å²) in [5.41, 5.74) is 4.94. The Hall–Kier alpha value is -2.73. The van der Waals surface area contributed by atoms with Crippen molar-refractivity contribution in [2.24, 2.45) is 0 Å². The lowest BCUT2D eigenvalue weighted by molar-refractivity contribution is -0.128. The summed E-state index contributed by atoms with van der Waals surface area (Å²) in [5, 5.41) is 0.398. The van der Waals surface area contributed by atoms with Crippen molar-refractivity contribution in [3.05, 3.63) is 59.1 Å². The third-order valence-corrected chi connectivity index (χ3v) is 3.47. The third-order valence-electron chi connectivity index (χ3n) is 3.16. The zero-order valence-corrected chi connectivity index (χ0v) is 14.0. The Balaban J connectivity index is 1.92. The summed E-state index contributed by atoms with van der Waals surface area (Å²) in [6, 6.07) is 13.5. The molecule has 2 aromatic rings. The van der Waals surface area contributed by atoms with Crippen LogP contribution in [0.2, 0.25) is 5.02 Å². The second-order valence-electron chi connectivity index (χ2n) is 4.83. The van der Waals surface area contributed by atoms with Crippen molar-refractivity contribution in [3.63, 3.8) is 0 Å². The molecule has 2 rings (SSSR count). The van der Waals surface area contributed by atoms with E-state index in [0.29, 0.717) is 22.1 Å². The third kappa shape index (κ3) is 4.39. The van der Waals surface area contributed by atoms with Gasteiger partial charge in [0, 0.05) is 0 Å². The molecule has 0 aromatic heterocycles. The lowest BCUT2D eigenvalue weighted by Gasteiger charge is -2.16. The molecule has 1 unspecified atom stereocenters. The minimum atomic E-state index is -0.845. The van der Waals surface area contributed by atoms with Crippen LogP contribution in [0.4, 0.5) is 0 Å². The second kappa shape index (κ2) is 8.21. The van der Waals surface area contributed by atoms with Gasteiger partial charge in [0.2, 0.25) is 0 Å². The summed E-state index contributed by atoms with van der Waals surface area (Å²) in [6.45, 7) is 1.55. The van der Waals surface area contributed by atoms with Crippen LogP contribution in [-0.4, -0.2) is 25.0 Å². The minimum Gasteiger partial charge on any atom is -0.496 e. The quantitative estimate of drug-likeness (QED) is 0.814. The van der Waals surface area contributed by atoms with Crippen LogP contribution in [0, 0.1) is 0 Å². The number of nitrogens with one attached hydrogen (secondary N) is 2. The molecule has 7 heteroatoms. The van der Waals surface area contributed by atoms with E-state index in [4.69, 9.17) is 21.1 Å². The van der Waals surface area contributed by atoms with Gasteiger partial charge in [-0.2, -0.15) is 0 Å². The number of carbonyl (C=O) groups is 2. The molecule has 0 saturated heterocycles. The van der Waals surface area contributed by atoms with Crippen molar-refractivity contribution in [1.82, 2.24) is 10.9 Å². The molecule has 2 N–H and O–H groups in total. The predicted octanol–water partition coefficient (Wildman–Crippen LogP) is 2.58. The van der Waals surface area contributed by atoms with Gasteiger partial charge in [0.1, 0.15) is 11.5 Å². The molecule has 2 amide bonds. The van der Waals surface area contributed by atoms with Gasteiger partial charge in [-0.05, 0) is 31.2 Å². The highest BCUT2D eigenvalue weighted by molar-refractivity contribution is 6.32. The van der Waals surface area contributed by atoms with Crippen molar-refractivity contribution in [3.8, 4) is 11.5 Å². The van der Waals surface area contributed by atoms with E-state index in [2.05, 4.69) is 10.9 Å². The normalized spacial score (nSPS) is 11.3. The maximum atomic E-state index is 12.1. The summed E-state index contributed by atoms with van der Waals surface area (Å²) < 4.78 is 10.6. The summed E-state index contributed by atoms with van der Waals surface area (Å²) in [6.07, 6.45) is -0.845. The van der Waals surface area contributed by atoms with Crippen LogP contribution in [0.15, 0.2) is 48.5 Å². The van der Waals surface area contributed by atoms with E-state index < -0.39 is 17.9 Å². The Morgan fingerprint density at radius 2 is 1.62 bits per heavy atom. The van der Waals surface area contributed by atoms with Crippen molar-refractivity contribution < 1.29 is 19.1 Å². The maximum Gasteiger partial charge on any atom is 0.279 e. The van der Waals surface area contributed by atoms with Crippen LogP contribution in [0.5, 0.6) is 11.5 Å². The summed E-state index contributed by atoms with van der Waals surface area (Å²) in [5.74, 6) is -0.216. The highest BCUT2D eigenvalue weighted by atomic mass is 35.5. The number of hydrazine groups is 1. The number of halogens is 1. The van der Waals surface area contributed by atoms with E-state index in [1.165, 1.54) is 7.11 Å². The van der Waals surface area contributed by atoms with Gasteiger partial charge >= 0.3 is 0 Å². The van der Waals surface area contributed by atoms with Gasteiger partial charge in [-0.1, -0.05) is 35.9 Å². The Morgan fingerprint density at radius 1 is 1.00 bits per heavy atom. The first-order chi connectivity index (χ1) is 11.5. The lowest BCUT2D eigenvalue weighted by Crippen LogP contribution is -2.47. The molecule has 0 heterocycles. The molecule has 0 bridgehead atoms. The van der Waals surface area contributed by atoms with Crippen LogP contribution in [0.1, 0.15) is 17.3 Å². The van der Waals surface area contributed by atoms with Crippen molar-refractivity contribution in [1.29, 1.82) is 0 Å². The molecule has 1 atom stereocenters. The lowest BCUT2D eigenvalue weighted by atomic mass is 10.2. The molecule has 0 aliphatic heterocycles.